The number of nitrogen functional groups attached to an aromatic ring is 1. The second-order valence-electron chi connectivity index (χ2n) is 4.34. The van der Waals surface area contributed by atoms with Crippen molar-refractivity contribution in [3.05, 3.63) is 64.4 Å². The van der Waals surface area contributed by atoms with E-state index in [-0.39, 0.29) is 17.3 Å². The molecule has 2 rings (SSSR count). The second kappa shape index (κ2) is 6.39. The molecule has 5 heteroatoms. The molecule has 0 fully saturated rings. The normalized spacial score (nSPS) is 10.3. The summed E-state index contributed by atoms with van der Waals surface area (Å²) in [4.78, 5) is 12.0. The third-order valence-corrected chi connectivity index (χ3v) is 3.18. The number of hydrogen-bond acceptors (Lipinski definition) is 2. The summed E-state index contributed by atoms with van der Waals surface area (Å²) in [5.74, 6) is -0.617. The molecule has 0 heterocycles. The fourth-order valence-corrected chi connectivity index (χ4v) is 2.15. The van der Waals surface area contributed by atoms with Crippen LogP contribution in [0.4, 0.5) is 10.1 Å². The molecule has 3 nitrogen and oxygen atoms in total. The van der Waals surface area contributed by atoms with Gasteiger partial charge in [0.25, 0.3) is 5.91 Å². The Morgan fingerprint density at radius 3 is 2.70 bits per heavy atom. The molecule has 0 aliphatic heterocycles. The van der Waals surface area contributed by atoms with E-state index >= 15 is 0 Å². The summed E-state index contributed by atoms with van der Waals surface area (Å²) in [5.41, 5.74) is 7.15. The monoisotopic (exact) mass is 292 g/mol. The van der Waals surface area contributed by atoms with Crippen LogP contribution in [0, 0.1) is 5.82 Å². The minimum atomic E-state index is -0.329. The number of rotatable bonds is 4. The maximum atomic E-state index is 13.0. The van der Waals surface area contributed by atoms with Gasteiger partial charge in [-0.25, -0.2) is 4.39 Å². The van der Waals surface area contributed by atoms with Gasteiger partial charge in [-0.1, -0.05) is 29.8 Å². The van der Waals surface area contributed by atoms with Gasteiger partial charge >= 0.3 is 0 Å². The maximum absolute atomic E-state index is 13.0. The van der Waals surface area contributed by atoms with Crippen LogP contribution in [0.3, 0.4) is 0 Å². The van der Waals surface area contributed by atoms with E-state index in [1.54, 1.807) is 30.3 Å². The fraction of sp³-hybridized carbons (Fsp3) is 0.133. The quantitative estimate of drug-likeness (QED) is 0.851. The first kappa shape index (κ1) is 14.3. The summed E-state index contributed by atoms with van der Waals surface area (Å²) < 4.78 is 13.0. The number of benzene rings is 2. The smallest absolute Gasteiger partial charge is 0.254 e. The molecule has 0 bridgehead atoms. The van der Waals surface area contributed by atoms with Crippen LogP contribution in [0.15, 0.2) is 42.5 Å². The van der Waals surface area contributed by atoms with Crippen molar-refractivity contribution < 1.29 is 9.18 Å². The zero-order valence-electron chi connectivity index (χ0n) is 10.7. The van der Waals surface area contributed by atoms with Crippen molar-refractivity contribution >= 4 is 23.2 Å². The highest BCUT2D eigenvalue weighted by Crippen LogP contribution is 2.21. The number of carbonyl (C=O) groups excluding carboxylic acids is 1. The van der Waals surface area contributed by atoms with Crippen molar-refractivity contribution in [2.24, 2.45) is 0 Å². The minimum Gasteiger partial charge on any atom is -0.398 e. The number of carbonyl (C=O) groups is 1. The van der Waals surface area contributed by atoms with Gasteiger partial charge < -0.3 is 11.1 Å². The largest absolute Gasteiger partial charge is 0.398 e. The topological polar surface area (TPSA) is 55.1 Å². The molecule has 0 aromatic heterocycles. The zero-order valence-corrected chi connectivity index (χ0v) is 11.5. The third kappa shape index (κ3) is 3.48. The molecular weight excluding hydrogens is 279 g/mol. The molecule has 104 valence electrons. The first-order valence-corrected chi connectivity index (χ1v) is 6.52. The number of nitrogens with one attached hydrogen (secondary N) is 1. The van der Waals surface area contributed by atoms with Gasteiger partial charge in [0.05, 0.1) is 10.6 Å². The number of nitrogens with two attached hydrogens (primary N) is 1. The Morgan fingerprint density at radius 2 is 2.00 bits per heavy atom. The van der Waals surface area contributed by atoms with Gasteiger partial charge in [-0.05, 0) is 36.2 Å². The maximum Gasteiger partial charge on any atom is 0.254 e. The van der Waals surface area contributed by atoms with Crippen LogP contribution >= 0.6 is 11.6 Å². The van der Waals surface area contributed by atoms with Crippen molar-refractivity contribution in [3.63, 3.8) is 0 Å². The zero-order chi connectivity index (χ0) is 14.5. The summed E-state index contributed by atoms with van der Waals surface area (Å²) in [7, 11) is 0. The van der Waals surface area contributed by atoms with Gasteiger partial charge in [0, 0.05) is 12.2 Å². The molecule has 2 aromatic rings. The van der Waals surface area contributed by atoms with Crippen molar-refractivity contribution in [3.8, 4) is 0 Å². The minimum absolute atomic E-state index is 0.272. The lowest BCUT2D eigenvalue weighted by Crippen LogP contribution is -2.26. The van der Waals surface area contributed by atoms with E-state index in [2.05, 4.69) is 5.32 Å². The number of halogens is 2. The predicted molar refractivity (Wildman–Crippen MR) is 78.3 cm³/mol. The van der Waals surface area contributed by atoms with Crippen LogP contribution < -0.4 is 11.1 Å². The van der Waals surface area contributed by atoms with Gasteiger partial charge in [-0.3, -0.25) is 4.79 Å². The lowest BCUT2D eigenvalue weighted by atomic mass is 10.1. The van der Waals surface area contributed by atoms with Crippen LogP contribution in [0.5, 0.6) is 0 Å². The van der Waals surface area contributed by atoms with Gasteiger partial charge in [0.1, 0.15) is 5.82 Å². The Hall–Kier alpha value is -2.07. The van der Waals surface area contributed by atoms with Crippen LogP contribution in [0.2, 0.25) is 5.02 Å². The standard InChI is InChI=1S/C15H14ClFN2O/c16-12-5-2-6-13(18)14(12)15(20)19-8-7-10-3-1-4-11(17)9-10/h1-6,9H,7-8,18H2,(H,19,20). The highest BCUT2D eigenvalue weighted by molar-refractivity contribution is 6.34. The van der Waals surface area contributed by atoms with Crippen molar-refractivity contribution in [2.75, 3.05) is 12.3 Å². The third-order valence-electron chi connectivity index (χ3n) is 2.86. The van der Waals surface area contributed by atoms with Crippen LogP contribution in [-0.4, -0.2) is 12.5 Å². The van der Waals surface area contributed by atoms with Crippen LogP contribution in [-0.2, 0) is 6.42 Å². The first-order chi connectivity index (χ1) is 9.58. The van der Waals surface area contributed by atoms with Gasteiger partial charge in [-0.15, -0.1) is 0 Å². The molecule has 0 aliphatic carbocycles. The lowest BCUT2D eigenvalue weighted by molar-refractivity contribution is 0.0955. The van der Waals surface area contributed by atoms with E-state index in [1.807, 2.05) is 0 Å². The van der Waals surface area contributed by atoms with Gasteiger partial charge in [-0.2, -0.15) is 0 Å². The molecule has 0 saturated heterocycles. The Morgan fingerprint density at radius 1 is 1.25 bits per heavy atom. The average Bonchev–Trinajstić information content (AvgIpc) is 2.38. The molecule has 3 N–H and O–H groups in total. The van der Waals surface area contributed by atoms with Crippen molar-refractivity contribution in [2.45, 2.75) is 6.42 Å². The van der Waals surface area contributed by atoms with Crippen molar-refractivity contribution in [1.29, 1.82) is 0 Å². The molecule has 0 unspecified atom stereocenters. The van der Waals surface area contributed by atoms with Gasteiger partial charge in [0.15, 0.2) is 0 Å². The van der Waals surface area contributed by atoms with E-state index in [0.717, 1.165) is 5.56 Å². The van der Waals surface area contributed by atoms with E-state index in [1.165, 1.54) is 12.1 Å². The number of anilines is 1. The fourth-order valence-electron chi connectivity index (χ4n) is 1.88. The molecule has 20 heavy (non-hydrogen) atoms. The van der Waals surface area contributed by atoms with E-state index in [9.17, 15) is 9.18 Å². The van der Waals surface area contributed by atoms with E-state index in [4.69, 9.17) is 17.3 Å². The molecule has 0 atom stereocenters. The Kier molecular flexibility index (Phi) is 4.58. The van der Waals surface area contributed by atoms with Crippen molar-refractivity contribution in [1.82, 2.24) is 5.32 Å². The SMILES string of the molecule is Nc1cccc(Cl)c1C(=O)NCCc1cccc(F)c1. The molecule has 0 aliphatic rings. The Bertz CT molecular complexity index is 611. The summed E-state index contributed by atoms with van der Waals surface area (Å²) in [6.07, 6.45) is 0.536. The van der Waals surface area contributed by atoms with Crippen LogP contribution in [0.25, 0.3) is 0 Å². The molecule has 0 radical (unpaired) electrons. The first-order valence-electron chi connectivity index (χ1n) is 6.14. The highest BCUT2D eigenvalue weighted by atomic mass is 35.5. The summed E-state index contributed by atoms with van der Waals surface area (Å²) in [6.45, 7) is 0.382. The summed E-state index contributed by atoms with van der Waals surface area (Å²) in [6, 6.07) is 11.2. The number of hydrogen-bond donors (Lipinski definition) is 2. The highest BCUT2D eigenvalue weighted by Gasteiger charge is 2.13. The van der Waals surface area contributed by atoms with Gasteiger partial charge in [0.2, 0.25) is 0 Å². The number of amides is 1. The average molecular weight is 293 g/mol. The summed E-state index contributed by atoms with van der Waals surface area (Å²) >= 11 is 5.95. The molecule has 2 aromatic carbocycles. The van der Waals surface area contributed by atoms with E-state index < -0.39 is 0 Å². The van der Waals surface area contributed by atoms with E-state index in [0.29, 0.717) is 23.7 Å². The second-order valence-corrected chi connectivity index (χ2v) is 4.75. The molecular formula is C15H14ClFN2O. The summed E-state index contributed by atoms with van der Waals surface area (Å²) in [5, 5.41) is 3.04. The molecule has 0 saturated carbocycles. The Balaban J connectivity index is 1.96. The predicted octanol–water partition coefficient (Wildman–Crippen LogP) is 3.03. The lowest BCUT2D eigenvalue weighted by Gasteiger charge is -2.09. The molecule has 1 amide bonds. The molecule has 0 spiro atoms. The van der Waals surface area contributed by atoms with Crippen LogP contribution in [0.1, 0.15) is 15.9 Å². The Labute approximate surface area is 121 Å².